The van der Waals surface area contributed by atoms with Gasteiger partial charge in [0, 0.05) is 16.3 Å². The van der Waals surface area contributed by atoms with Crippen molar-refractivity contribution < 1.29 is 23.8 Å². The van der Waals surface area contributed by atoms with Crippen molar-refractivity contribution in [3.8, 4) is 0 Å². The third-order valence-electron chi connectivity index (χ3n) is 2.48. The van der Waals surface area contributed by atoms with Gasteiger partial charge < -0.3 is 20.0 Å². The van der Waals surface area contributed by atoms with Crippen LogP contribution in [0.1, 0.15) is 16.1 Å². The van der Waals surface area contributed by atoms with E-state index in [0.717, 1.165) is 0 Å². The molecule has 2 aromatic rings. The predicted octanol–water partition coefficient (Wildman–Crippen LogP) is 1.60. The van der Waals surface area contributed by atoms with Crippen LogP contribution < -0.4 is 5.73 Å². The molecule has 7 heteroatoms. The lowest BCUT2D eigenvalue weighted by atomic mass is 10.1. The first-order valence-corrected chi connectivity index (χ1v) is 5.20. The third kappa shape index (κ3) is 2.39. The molecule has 2 rings (SSSR count). The van der Waals surface area contributed by atoms with Gasteiger partial charge >= 0.3 is 12.1 Å². The van der Waals surface area contributed by atoms with Gasteiger partial charge in [-0.3, -0.25) is 0 Å². The van der Waals surface area contributed by atoms with Gasteiger partial charge in [0.25, 0.3) is 0 Å². The lowest BCUT2D eigenvalue weighted by Gasteiger charge is -2.00. The highest BCUT2D eigenvalue weighted by atomic mass is 16.5. The highest BCUT2D eigenvalue weighted by Crippen LogP contribution is 2.22. The van der Waals surface area contributed by atoms with Crippen molar-refractivity contribution >= 4 is 28.7 Å². The number of carbonyl (C=O) groups excluding carboxylic acids is 1. The number of ether oxygens (including phenoxy) is 1. The number of hydrogen-bond acceptors (Lipinski definition) is 4. The normalized spacial score (nSPS) is 11.5. The molecule has 0 aliphatic heterocycles. The van der Waals surface area contributed by atoms with Gasteiger partial charge in [-0.25, -0.2) is 9.59 Å². The lowest BCUT2D eigenvalue weighted by Crippen LogP contribution is -2.15. The smallest absolute Gasteiger partial charge is 0.435 e. The van der Waals surface area contributed by atoms with E-state index in [1.54, 1.807) is 12.1 Å². The molecular formula is C12H10N2O5. The minimum Gasteiger partial charge on any atom is -0.475 e. The molecule has 0 unspecified atom stereocenters. The number of nitrogens with zero attached hydrogens (tertiary/aromatic N) is 1. The van der Waals surface area contributed by atoms with Crippen LogP contribution >= 0.6 is 0 Å². The molecular weight excluding hydrogens is 252 g/mol. The number of carbonyl (C=O) groups is 2. The molecule has 0 bridgehead atoms. The van der Waals surface area contributed by atoms with Crippen LogP contribution in [-0.2, 0) is 4.74 Å². The van der Waals surface area contributed by atoms with Crippen molar-refractivity contribution in [3.63, 3.8) is 0 Å². The van der Waals surface area contributed by atoms with E-state index in [1.165, 1.54) is 19.4 Å². The summed E-state index contributed by atoms with van der Waals surface area (Å²) < 4.78 is 9.30. The van der Waals surface area contributed by atoms with Crippen LogP contribution in [0.4, 0.5) is 4.79 Å². The van der Waals surface area contributed by atoms with Crippen molar-refractivity contribution in [2.45, 2.75) is 0 Å². The van der Waals surface area contributed by atoms with Gasteiger partial charge in [0.1, 0.15) is 5.84 Å². The number of aromatic carboxylic acids is 1. The van der Waals surface area contributed by atoms with Crippen molar-refractivity contribution in [2.24, 2.45) is 10.7 Å². The number of aliphatic imine (C=N–C) groups is 1. The maximum absolute atomic E-state index is 11.0. The van der Waals surface area contributed by atoms with E-state index in [9.17, 15) is 9.59 Å². The fourth-order valence-corrected chi connectivity index (χ4v) is 1.59. The highest BCUT2D eigenvalue weighted by Gasteiger charge is 2.14. The number of carboxylic acids is 1. The second kappa shape index (κ2) is 4.81. The number of nitrogens with two attached hydrogens (primary N) is 1. The Hall–Kier alpha value is -2.83. The SMILES string of the molecule is COC(=O)/N=C(\N)c1ccc2c(C(=O)O)occ2c1. The minimum absolute atomic E-state index is 0.0215. The largest absolute Gasteiger partial charge is 0.475 e. The summed E-state index contributed by atoms with van der Waals surface area (Å²) in [5.74, 6) is -1.32. The first-order valence-electron chi connectivity index (χ1n) is 5.20. The molecule has 0 saturated carbocycles. The van der Waals surface area contributed by atoms with Gasteiger partial charge in [-0.05, 0) is 12.1 Å². The van der Waals surface area contributed by atoms with E-state index in [4.69, 9.17) is 15.3 Å². The summed E-state index contributed by atoms with van der Waals surface area (Å²) in [5, 5.41) is 9.90. The molecule has 1 aromatic carbocycles. The van der Waals surface area contributed by atoms with E-state index in [1.807, 2.05) is 0 Å². The second-order valence-corrected chi connectivity index (χ2v) is 3.64. The summed E-state index contributed by atoms with van der Waals surface area (Å²) in [5.41, 5.74) is 6.10. The number of carboxylic acid groups (broad SMARTS) is 1. The van der Waals surface area contributed by atoms with Crippen molar-refractivity contribution in [2.75, 3.05) is 7.11 Å². The summed E-state index contributed by atoms with van der Waals surface area (Å²) >= 11 is 0. The first kappa shape index (κ1) is 12.6. The van der Waals surface area contributed by atoms with Crippen LogP contribution in [0.25, 0.3) is 10.8 Å². The van der Waals surface area contributed by atoms with Gasteiger partial charge in [-0.2, -0.15) is 4.99 Å². The predicted molar refractivity (Wildman–Crippen MR) is 66.3 cm³/mol. The van der Waals surface area contributed by atoms with Crippen molar-refractivity contribution in [1.82, 2.24) is 0 Å². The molecule has 0 radical (unpaired) electrons. The molecule has 0 atom stereocenters. The Morgan fingerprint density at radius 1 is 1.42 bits per heavy atom. The molecule has 0 aliphatic carbocycles. The molecule has 7 nitrogen and oxygen atoms in total. The van der Waals surface area contributed by atoms with Crippen LogP contribution in [0.5, 0.6) is 0 Å². The number of hydrogen-bond donors (Lipinski definition) is 2. The summed E-state index contributed by atoms with van der Waals surface area (Å²) in [6, 6.07) is 4.66. The van der Waals surface area contributed by atoms with Crippen molar-refractivity contribution in [3.05, 3.63) is 35.8 Å². The van der Waals surface area contributed by atoms with Gasteiger partial charge in [-0.15, -0.1) is 0 Å². The quantitative estimate of drug-likeness (QED) is 0.627. The number of rotatable bonds is 2. The molecule has 1 heterocycles. The zero-order valence-electron chi connectivity index (χ0n) is 9.91. The summed E-state index contributed by atoms with van der Waals surface area (Å²) in [6.07, 6.45) is 0.490. The molecule has 3 N–H and O–H groups in total. The van der Waals surface area contributed by atoms with E-state index >= 15 is 0 Å². The van der Waals surface area contributed by atoms with Gasteiger partial charge in [0.15, 0.2) is 0 Å². The monoisotopic (exact) mass is 262 g/mol. The van der Waals surface area contributed by atoms with E-state index in [-0.39, 0.29) is 11.6 Å². The van der Waals surface area contributed by atoms with Gasteiger partial charge in [-0.1, -0.05) is 6.07 Å². The van der Waals surface area contributed by atoms with Crippen LogP contribution in [0, 0.1) is 0 Å². The van der Waals surface area contributed by atoms with Gasteiger partial charge in [0.2, 0.25) is 5.76 Å². The molecule has 1 aromatic heterocycles. The van der Waals surface area contributed by atoms with Crippen molar-refractivity contribution in [1.29, 1.82) is 0 Å². The second-order valence-electron chi connectivity index (χ2n) is 3.64. The number of amides is 1. The Labute approximate surface area is 107 Å². The third-order valence-corrected chi connectivity index (χ3v) is 2.48. The maximum Gasteiger partial charge on any atom is 0.435 e. The van der Waals surface area contributed by atoms with Gasteiger partial charge in [0.05, 0.1) is 13.4 Å². The Morgan fingerprint density at radius 3 is 2.79 bits per heavy atom. The minimum atomic E-state index is -1.15. The van der Waals surface area contributed by atoms with E-state index in [2.05, 4.69) is 9.73 Å². The molecule has 0 spiro atoms. The van der Waals surface area contributed by atoms with Crippen LogP contribution in [-0.4, -0.2) is 30.1 Å². The highest BCUT2D eigenvalue weighted by molar-refractivity contribution is 6.07. The molecule has 98 valence electrons. The van der Waals surface area contributed by atoms with Crippen LogP contribution in [0.3, 0.4) is 0 Å². The topological polar surface area (TPSA) is 115 Å². The Balaban J connectivity index is 2.46. The lowest BCUT2D eigenvalue weighted by molar-refractivity contribution is 0.0665. The number of furan rings is 1. The van der Waals surface area contributed by atoms with Crippen LogP contribution in [0.15, 0.2) is 33.9 Å². The average Bonchev–Trinajstić information content (AvgIpc) is 2.81. The number of benzene rings is 1. The molecule has 1 amide bonds. The summed E-state index contributed by atoms with van der Waals surface area (Å²) in [6.45, 7) is 0. The first-order chi connectivity index (χ1) is 9.02. The zero-order chi connectivity index (χ0) is 14.0. The molecule has 0 fully saturated rings. The standard InChI is InChI=1S/C12H10N2O5/c1-18-12(17)14-10(13)6-2-3-8-7(4-6)5-19-9(8)11(15)16/h2-5H,1H3,(H,15,16)(H2,13,14,17). The molecule has 0 aliphatic rings. The summed E-state index contributed by atoms with van der Waals surface area (Å²) in [4.78, 5) is 25.3. The molecule has 0 saturated heterocycles. The zero-order valence-corrected chi connectivity index (χ0v) is 9.91. The van der Waals surface area contributed by atoms with E-state index < -0.39 is 12.1 Å². The Bertz CT molecular complexity index is 686. The fourth-order valence-electron chi connectivity index (χ4n) is 1.59. The van der Waals surface area contributed by atoms with Crippen LogP contribution in [0.2, 0.25) is 0 Å². The number of amidine groups is 1. The fraction of sp³-hybridized carbons (Fsp3) is 0.0833. The summed E-state index contributed by atoms with van der Waals surface area (Å²) in [7, 11) is 1.19. The maximum atomic E-state index is 11.0. The number of methoxy groups -OCH3 is 1. The Morgan fingerprint density at radius 2 is 2.16 bits per heavy atom. The number of fused-ring (bicyclic) bond motifs is 1. The molecule has 19 heavy (non-hydrogen) atoms. The Kier molecular flexibility index (Phi) is 3.19. The van der Waals surface area contributed by atoms with E-state index in [0.29, 0.717) is 16.3 Å². The average molecular weight is 262 g/mol.